The van der Waals surface area contributed by atoms with Crippen LogP contribution in [0.5, 0.6) is 0 Å². The Bertz CT molecular complexity index is 638. The van der Waals surface area contributed by atoms with Crippen molar-refractivity contribution in [1.82, 2.24) is 0 Å². The Hall–Kier alpha value is -1.74. The van der Waals surface area contributed by atoms with Crippen LogP contribution in [-0.2, 0) is 5.54 Å². The van der Waals surface area contributed by atoms with Crippen LogP contribution in [0, 0.1) is 23.1 Å². The molecule has 4 N–H and O–H groups in total. The highest BCUT2D eigenvalue weighted by Gasteiger charge is 2.67. The summed E-state index contributed by atoms with van der Waals surface area (Å²) < 4.78 is 13.5. The molecular weight excluding hydrogens is 263 g/mol. The number of amidine groups is 1. The van der Waals surface area contributed by atoms with Crippen LogP contribution in [-0.4, -0.2) is 9.91 Å². The zero-order valence-corrected chi connectivity index (χ0v) is 11.2. The van der Waals surface area contributed by atoms with Gasteiger partial charge in [0.2, 0.25) is 0 Å². The second-order valence-electron chi connectivity index (χ2n) is 5.20. The Kier molecular flexibility index (Phi) is 2.36. The summed E-state index contributed by atoms with van der Waals surface area (Å²) >= 11 is 1.28. The minimum Gasteiger partial charge on any atom is -0.399 e. The largest absolute Gasteiger partial charge is 0.399 e. The number of benzene rings is 1. The summed E-state index contributed by atoms with van der Waals surface area (Å²) in [5.74, 6) is -0.391. The van der Waals surface area contributed by atoms with Gasteiger partial charge in [0.15, 0.2) is 5.17 Å². The van der Waals surface area contributed by atoms with Gasteiger partial charge in [0.05, 0.1) is 11.6 Å². The van der Waals surface area contributed by atoms with Crippen LogP contribution in [0.15, 0.2) is 23.2 Å². The quantitative estimate of drug-likeness (QED) is 0.767. The van der Waals surface area contributed by atoms with E-state index in [1.807, 2.05) is 6.92 Å². The molecule has 0 radical (unpaired) electrons. The number of nitriles is 1. The first-order valence-electron chi connectivity index (χ1n) is 5.92. The number of nitrogens with zero attached hydrogens (tertiary/aromatic N) is 2. The number of aliphatic imine (C=N–C) groups is 1. The van der Waals surface area contributed by atoms with E-state index < -0.39 is 10.3 Å². The summed E-state index contributed by atoms with van der Waals surface area (Å²) in [6, 6.07) is 6.72. The Morgan fingerprint density at radius 2 is 2.26 bits per heavy atom. The maximum Gasteiger partial charge on any atom is 0.156 e. The lowest BCUT2D eigenvalue weighted by atomic mass is 9.85. The third kappa shape index (κ3) is 1.61. The van der Waals surface area contributed by atoms with Crippen LogP contribution in [0.2, 0.25) is 0 Å². The van der Waals surface area contributed by atoms with E-state index in [0.29, 0.717) is 22.8 Å². The predicted octanol–water partition coefficient (Wildman–Crippen LogP) is 1.97. The Morgan fingerprint density at radius 1 is 1.53 bits per heavy atom. The molecule has 1 heterocycles. The summed E-state index contributed by atoms with van der Waals surface area (Å²) in [5.41, 5.74) is 11.6. The van der Waals surface area contributed by atoms with E-state index in [2.05, 4.69) is 11.1 Å². The van der Waals surface area contributed by atoms with Gasteiger partial charge in [-0.3, -0.25) is 4.99 Å². The van der Waals surface area contributed by atoms with Crippen LogP contribution < -0.4 is 11.5 Å². The molecule has 6 heteroatoms. The van der Waals surface area contributed by atoms with Crippen LogP contribution >= 0.6 is 11.8 Å². The molecule has 98 valence electrons. The van der Waals surface area contributed by atoms with Crippen molar-refractivity contribution in [3.05, 3.63) is 29.6 Å². The maximum atomic E-state index is 14.1. The molecule has 1 saturated carbocycles. The summed E-state index contributed by atoms with van der Waals surface area (Å²) in [7, 11) is 0. The fourth-order valence-corrected chi connectivity index (χ4v) is 4.13. The third-order valence-corrected chi connectivity index (χ3v) is 5.15. The van der Waals surface area contributed by atoms with Crippen molar-refractivity contribution >= 4 is 22.6 Å². The molecule has 3 atom stereocenters. The molecule has 19 heavy (non-hydrogen) atoms. The van der Waals surface area contributed by atoms with Crippen molar-refractivity contribution in [3.8, 4) is 6.07 Å². The number of nitrogen functional groups attached to an aromatic ring is 1. The number of rotatable bonds is 1. The second kappa shape index (κ2) is 3.64. The zero-order chi connectivity index (χ0) is 13.8. The molecule has 1 aromatic carbocycles. The minimum absolute atomic E-state index is 0.0291. The summed E-state index contributed by atoms with van der Waals surface area (Å²) in [6.45, 7) is 1.82. The SMILES string of the molecule is C[C@]1(c2cc(N)ccc2F)N=C(N)S[C@@]2(C#N)C[C@H]21. The van der Waals surface area contributed by atoms with Crippen molar-refractivity contribution in [2.45, 2.75) is 23.6 Å². The Morgan fingerprint density at radius 3 is 2.95 bits per heavy atom. The number of hydrogen-bond acceptors (Lipinski definition) is 5. The smallest absolute Gasteiger partial charge is 0.156 e. The number of fused-ring (bicyclic) bond motifs is 1. The van der Waals surface area contributed by atoms with Crippen LogP contribution in [0.1, 0.15) is 18.9 Å². The van der Waals surface area contributed by atoms with Crippen molar-refractivity contribution in [2.24, 2.45) is 16.6 Å². The minimum atomic E-state index is -0.815. The molecular formula is C13H13FN4S. The van der Waals surface area contributed by atoms with Gasteiger partial charge in [-0.2, -0.15) is 5.26 Å². The first-order chi connectivity index (χ1) is 8.91. The van der Waals surface area contributed by atoms with Gasteiger partial charge >= 0.3 is 0 Å². The van der Waals surface area contributed by atoms with Crippen LogP contribution in [0.3, 0.4) is 0 Å². The standard InChI is InChI=1S/C13H13FN4S/c1-12(8-4-7(16)2-3-9(8)14)10-5-13(10,6-15)19-11(17)18-12/h2-4,10H,5,16H2,1H3,(H2,17,18)/t10-,12+,13+/m0/s1. The van der Waals surface area contributed by atoms with Gasteiger partial charge < -0.3 is 11.5 Å². The van der Waals surface area contributed by atoms with Gasteiger partial charge in [0.25, 0.3) is 0 Å². The first-order valence-corrected chi connectivity index (χ1v) is 6.74. The maximum absolute atomic E-state index is 14.1. The molecule has 1 aromatic rings. The van der Waals surface area contributed by atoms with E-state index in [4.69, 9.17) is 11.5 Å². The highest BCUT2D eigenvalue weighted by atomic mass is 32.2. The summed E-state index contributed by atoms with van der Waals surface area (Å²) in [4.78, 5) is 4.41. The zero-order valence-electron chi connectivity index (χ0n) is 10.4. The van der Waals surface area contributed by atoms with E-state index in [9.17, 15) is 9.65 Å². The molecule has 3 rings (SSSR count). The topological polar surface area (TPSA) is 88.2 Å². The van der Waals surface area contributed by atoms with Crippen molar-refractivity contribution in [1.29, 1.82) is 5.26 Å². The molecule has 1 aliphatic carbocycles. The van der Waals surface area contributed by atoms with E-state index in [1.54, 1.807) is 6.07 Å². The van der Waals surface area contributed by atoms with Crippen LogP contribution in [0.4, 0.5) is 10.1 Å². The van der Waals surface area contributed by atoms with Crippen LogP contribution in [0.25, 0.3) is 0 Å². The third-order valence-electron chi connectivity index (χ3n) is 3.94. The van der Waals surface area contributed by atoms with E-state index >= 15 is 0 Å². The van der Waals surface area contributed by atoms with Crippen molar-refractivity contribution in [3.63, 3.8) is 0 Å². The first kappa shape index (κ1) is 12.3. The summed E-state index contributed by atoms with van der Waals surface area (Å²) in [5, 5.41) is 9.65. The highest BCUT2D eigenvalue weighted by Crippen LogP contribution is 2.65. The lowest BCUT2D eigenvalue weighted by Gasteiger charge is -2.32. The Balaban J connectivity index is 2.16. The predicted molar refractivity (Wildman–Crippen MR) is 73.8 cm³/mol. The molecule has 0 saturated heterocycles. The van der Waals surface area contributed by atoms with E-state index in [1.165, 1.54) is 23.9 Å². The molecule has 0 amide bonds. The second-order valence-corrected chi connectivity index (χ2v) is 6.55. The molecule has 0 spiro atoms. The molecule has 0 unspecified atom stereocenters. The Labute approximate surface area is 114 Å². The van der Waals surface area contributed by atoms with E-state index in [0.717, 1.165) is 0 Å². The molecule has 2 aliphatic rings. The van der Waals surface area contributed by atoms with Gasteiger partial charge in [0.1, 0.15) is 10.6 Å². The number of nitrogens with two attached hydrogens (primary N) is 2. The average Bonchev–Trinajstić information content (AvgIpc) is 3.08. The molecule has 4 nitrogen and oxygen atoms in total. The summed E-state index contributed by atoms with van der Waals surface area (Å²) in [6.07, 6.45) is 0.670. The van der Waals surface area contributed by atoms with Crippen molar-refractivity contribution in [2.75, 3.05) is 5.73 Å². The van der Waals surface area contributed by atoms with Crippen molar-refractivity contribution < 1.29 is 4.39 Å². The number of hydrogen-bond donors (Lipinski definition) is 2. The normalized spacial score (nSPS) is 36.1. The lowest BCUT2D eigenvalue weighted by molar-refractivity contribution is 0.401. The van der Waals surface area contributed by atoms with Gasteiger partial charge in [-0.25, -0.2) is 4.39 Å². The van der Waals surface area contributed by atoms with E-state index in [-0.39, 0.29) is 11.7 Å². The molecule has 0 aromatic heterocycles. The monoisotopic (exact) mass is 276 g/mol. The number of anilines is 1. The van der Waals surface area contributed by atoms with Gasteiger partial charge in [0, 0.05) is 17.2 Å². The highest BCUT2D eigenvalue weighted by molar-refractivity contribution is 8.15. The fraction of sp³-hybridized carbons (Fsp3) is 0.385. The van der Waals surface area contributed by atoms with Gasteiger partial charge in [-0.15, -0.1) is 0 Å². The average molecular weight is 276 g/mol. The number of halogens is 1. The lowest BCUT2D eigenvalue weighted by Crippen LogP contribution is -2.35. The molecule has 1 fully saturated rings. The number of thioether (sulfide) groups is 1. The fourth-order valence-electron chi connectivity index (χ4n) is 2.85. The van der Waals surface area contributed by atoms with Gasteiger partial charge in [-0.05, 0) is 31.5 Å². The molecule has 1 aliphatic heterocycles. The molecule has 0 bridgehead atoms. The van der Waals surface area contributed by atoms with Gasteiger partial charge in [-0.1, -0.05) is 11.8 Å².